The number of rotatable bonds is 3. The molecular formula is C17H16N5O7P. The first kappa shape index (κ1) is 19.2. The van der Waals surface area contributed by atoms with Crippen molar-refractivity contribution in [2.45, 2.75) is 24.5 Å². The van der Waals surface area contributed by atoms with E-state index in [4.69, 9.17) is 13.8 Å². The maximum absolute atomic E-state index is 12.5. The third-order valence-electron chi connectivity index (χ3n) is 4.87. The zero-order valence-electron chi connectivity index (χ0n) is 15.2. The molecule has 2 aromatic heterocycles. The molecule has 0 saturated carbocycles. The molecule has 12 nitrogen and oxygen atoms in total. The molecule has 30 heavy (non-hydrogen) atoms. The van der Waals surface area contributed by atoms with E-state index in [2.05, 4.69) is 20.3 Å². The summed E-state index contributed by atoms with van der Waals surface area (Å²) in [6.07, 6.45) is -1.42. The molecular weight excluding hydrogens is 417 g/mol. The molecule has 2 aliphatic heterocycles. The molecule has 2 aliphatic rings. The van der Waals surface area contributed by atoms with Gasteiger partial charge in [0.1, 0.15) is 24.6 Å². The number of nitrogens with zero attached hydrogens (tertiary/aromatic N) is 4. The number of benzene rings is 1. The van der Waals surface area contributed by atoms with Crippen LogP contribution >= 0.6 is 7.82 Å². The highest BCUT2D eigenvalue weighted by atomic mass is 31.2. The molecule has 0 aliphatic carbocycles. The van der Waals surface area contributed by atoms with Crippen LogP contribution in [-0.4, -0.2) is 60.3 Å². The minimum absolute atomic E-state index is 0.192. The summed E-state index contributed by atoms with van der Waals surface area (Å²) < 4.78 is 28.6. The Morgan fingerprint density at radius 2 is 2.03 bits per heavy atom. The second-order valence-corrected chi connectivity index (χ2v) is 8.16. The second kappa shape index (κ2) is 7.20. The van der Waals surface area contributed by atoms with Gasteiger partial charge in [0, 0.05) is 5.56 Å². The maximum Gasteiger partial charge on any atom is 0.472 e. The van der Waals surface area contributed by atoms with E-state index in [1.165, 1.54) is 17.2 Å². The van der Waals surface area contributed by atoms with Crippen LogP contribution < -0.4 is 5.32 Å². The lowest BCUT2D eigenvalue weighted by molar-refractivity contribution is -0.0664. The van der Waals surface area contributed by atoms with Crippen LogP contribution in [0.3, 0.4) is 0 Å². The van der Waals surface area contributed by atoms with Crippen LogP contribution in [0.2, 0.25) is 0 Å². The first-order valence-corrected chi connectivity index (χ1v) is 10.5. The van der Waals surface area contributed by atoms with Gasteiger partial charge in [0.15, 0.2) is 23.2 Å². The lowest BCUT2D eigenvalue weighted by Gasteiger charge is -2.27. The van der Waals surface area contributed by atoms with Crippen molar-refractivity contribution in [3.63, 3.8) is 0 Å². The van der Waals surface area contributed by atoms with Crippen molar-refractivity contribution in [2.24, 2.45) is 0 Å². The van der Waals surface area contributed by atoms with E-state index >= 15 is 0 Å². The average Bonchev–Trinajstić information content (AvgIpc) is 3.30. The molecule has 2 saturated heterocycles. The number of phosphoric acid groups is 1. The summed E-state index contributed by atoms with van der Waals surface area (Å²) >= 11 is 0. The Kier molecular flexibility index (Phi) is 4.62. The number of aliphatic hydroxyl groups is 1. The predicted octanol–water partition coefficient (Wildman–Crippen LogP) is 0.853. The number of anilines is 1. The summed E-state index contributed by atoms with van der Waals surface area (Å²) in [6.45, 7) is -0.202. The Morgan fingerprint density at radius 3 is 2.83 bits per heavy atom. The van der Waals surface area contributed by atoms with E-state index in [9.17, 15) is 19.4 Å². The van der Waals surface area contributed by atoms with Gasteiger partial charge in [-0.1, -0.05) is 18.2 Å². The van der Waals surface area contributed by atoms with Gasteiger partial charge in [-0.3, -0.25) is 18.4 Å². The van der Waals surface area contributed by atoms with Crippen molar-refractivity contribution in [3.05, 3.63) is 48.5 Å². The molecule has 0 bridgehead atoms. The molecule has 4 heterocycles. The normalized spacial score (nSPS) is 30.9. The van der Waals surface area contributed by atoms with Crippen LogP contribution in [0.5, 0.6) is 0 Å². The molecule has 156 valence electrons. The van der Waals surface area contributed by atoms with Crippen molar-refractivity contribution in [1.82, 2.24) is 19.5 Å². The number of aromatic nitrogens is 4. The number of fused-ring (bicyclic) bond motifs is 2. The fraction of sp³-hybridized carbons (Fsp3) is 0.294. The summed E-state index contributed by atoms with van der Waals surface area (Å²) in [5.74, 6) is -0.172. The summed E-state index contributed by atoms with van der Waals surface area (Å²) in [7, 11) is -4.24. The Morgan fingerprint density at radius 1 is 1.23 bits per heavy atom. The lowest BCUT2D eigenvalue weighted by atomic mass is 10.1. The van der Waals surface area contributed by atoms with Crippen LogP contribution in [0.15, 0.2) is 43.0 Å². The molecule has 1 amide bonds. The van der Waals surface area contributed by atoms with Crippen molar-refractivity contribution in [3.8, 4) is 0 Å². The fourth-order valence-electron chi connectivity index (χ4n) is 3.46. The van der Waals surface area contributed by atoms with Crippen LogP contribution in [0.4, 0.5) is 5.82 Å². The molecule has 3 aromatic rings. The predicted molar refractivity (Wildman–Crippen MR) is 100 cm³/mol. The number of ether oxygens (including phenoxy) is 1. The molecule has 13 heteroatoms. The molecule has 5 rings (SSSR count). The molecule has 0 spiro atoms. The summed E-state index contributed by atoms with van der Waals surface area (Å²) in [5.41, 5.74) is 1.04. The van der Waals surface area contributed by atoms with Gasteiger partial charge < -0.3 is 20.1 Å². The maximum atomic E-state index is 12.5. The summed E-state index contributed by atoms with van der Waals surface area (Å²) in [5, 5.41) is 13.3. The van der Waals surface area contributed by atoms with Gasteiger partial charge in [0.25, 0.3) is 5.91 Å². The smallest absolute Gasteiger partial charge is 0.386 e. The lowest BCUT2D eigenvalue weighted by Crippen LogP contribution is -2.39. The number of carbonyl (C=O) groups is 1. The van der Waals surface area contributed by atoms with Crippen molar-refractivity contribution < 1.29 is 33.1 Å². The molecule has 2 fully saturated rings. The SMILES string of the molecule is O=C(Nc1ncnc2c1ncn2[C@@H]1OC2COP(=O)(O)OC2[C@@H]1O)c1ccccc1. The van der Waals surface area contributed by atoms with E-state index in [1.54, 1.807) is 30.3 Å². The van der Waals surface area contributed by atoms with E-state index in [0.717, 1.165) is 0 Å². The number of carbonyl (C=O) groups excluding carboxylic acids is 1. The highest BCUT2D eigenvalue weighted by Crippen LogP contribution is 2.52. The number of imidazole rings is 1. The largest absolute Gasteiger partial charge is 0.472 e. The summed E-state index contributed by atoms with van der Waals surface area (Å²) in [6, 6.07) is 8.62. The Bertz CT molecular complexity index is 1160. The Hall–Kier alpha value is -2.73. The van der Waals surface area contributed by atoms with Gasteiger partial charge in [-0.05, 0) is 12.1 Å². The van der Waals surface area contributed by atoms with Crippen LogP contribution in [0.25, 0.3) is 11.2 Å². The second-order valence-electron chi connectivity index (χ2n) is 6.76. The van der Waals surface area contributed by atoms with E-state index in [1.807, 2.05) is 0 Å². The first-order chi connectivity index (χ1) is 14.4. The monoisotopic (exact) mass is 433 g/mol. The molecule has 3 unspecified atom stereocenters. The zero-order valence-corrected chi connectivity index (χ0v) is 16.1. The minimum Gasteiger partial charge on any atom is -0.386 e. The van der Waals surface area contributed by atoms with Gasteiger partial charge in [-0.15, -0.1) is 0 Å². The van der Waals surface area contributed by atoms with E-state index in [-0.39, 0.29) is 23.8 Å². The minimum atomic E-state index is -4.24. The van der Waals surface area contributed by atoms with Crippen molar-refractivity contribution >= 4 is 30.7 Å². The summed E-state index contributed by atoms with van der Waals surface area (Å²) in [4.78, 5) is 34.5. The first-order valence-electron chi connectivity index (χ1n) is 8.96. The Balaban J connectivity index is 1.44. The van der Waals surface area contributed by atoms with Gasteiger partial charge in [-0.2, -0.15) is 0 Å². The molecule has 1 aromatic carbocycles. The van der Waals surface area contributed by atoms with Crippen LogP contribution in [-0.2, 0) is 18.3 Å². The van der Waals surface area contributed by atoms with Gasteiger partial charge in [-0.25, -0.2) is 19.5 Å². The van der Waals surface area contributed by atoms with E-state index < -0.39 is 32.4 Å². The zero-order chi connectivity index (χ0) is 20.9. The Labute approximate surface area is 169 Å². The number of aliphatic hydroxyl groups excluding tert-OH is 1. The third kappa shape index (κ3) is 3.29. The number of nitrogens with one attached hydrogen (secondary N) is 1. The molecule has 3 N–H and O–H groups in total. The molecule has 0 radical (unpaired) electrons. The van der Waals surface area contributed by atoms with Crippen molar-refractivity contribution in [1.29, 1.82) is 0 Å². The third-order valence-corrected chi connectivity index (χ3v) is 5.85. The number of amides is 1. The topological polar surface area (TPSA) is 158 Å². The number of hydrogen-bond donors (Lipinski definition) is 3. The van der Waals surface area contributed by atoms with Crippen LogP contribution in [0, 0.1) is 0 Å². The number of hydrogen-bond acceptors (Lipinski definition) is 9. The van der Waals surface area contributed by atoms with Gasteiger partial charge in [0.05, 0.1) is 12.9 Å². The standard InChI is InChI=1S/C17H16N5O7P/c23-12-13-10(6-27-30(25,26)29-13)28-17(12)22-8-20-11-14(18-7-19-15(11)22)21-16(24)9-4-2-1-3-5-9/h1-5,7-8,10,12-13,17,23H,6H2,(H,25,26)(H,18,19,21,24)/t10?,12-,13?,17+/m0/s1. The van der Waals surface area contributed by atoms with Crippen LogP contribution in [0.1, 0.15) is 16.6 Å². The highest BCUT2D eigenvalue weighted by molar-refractivity contribution is 7.47. The fourth-order valence-corrected chi connectivity index (χ4v) is 4.43. The quantitative estimate of drug-likeness (QED) is 0.506. The van der Waals surface area contributed by atoms with Crippen molar-refractivity contribution in [2.75, 3.05) is 11.9 Å². The highest BCUT2D eigenvalue weighted by Gasteiger charge is 2.52. The number of phosphoric ester groups is 1. The van der Waals surface area contributed by atoms with Gasteiger partial charge >= 0.3 is 7.82 Å². The average molecular weight is 433 g/mol. The van der Waals surface area contributed by atoms with E-state index in [0.29, 0.717) is 11.2 Å². The molecule has 5 atom stereocenters. The van der Waals surface area contributed by atoms with Gasteiger partial charge in [0.2, 0.25) is 0 Å².